The van der Waals surface area contributed by atoms with E-state index in [4.69, 9.17) is 5.11 Å². The van der Waals surface area contributed by atoms with E-state index in [0.29, 0.717) is 17.7 Å². The molecule has 0 unspecified atom stereocenters. The number of benzene rings is 1. The molecule has 0 aliphatic heterocycles. The lowest BCUT2D eigenvalue weighted by Crippen LogP contribution is -2.29. The molecule has 0 spiro atoms. The smallest absolute Gasteiger partial charge is 0.301 e. The van der Waals surface area contributed by atoms with Crippen LogP contribution in [0.25, 0.3) is 0 Å². The summed E-state index contributed by atoms with van der Waals surface area (Å²) in [4.78, 5) is 0. The topological polar surface area (TPSA) is 69.6 Å². The molecular formula is C13H18N2O3S. The van der Waals surface area contributed by atoms with Crippen LogP contribution in [0.2, 0.25) is 0 Å². The molecule has 19 heavy (non-hydrogen) atoms. The third-order valence-electron chi connectivity index (χ3n) is 2.35. The van der Waals surface area contributed by atoms with Crippen molar-refractivity contribution in [3.63, 3.8) is 0 Å². The lowest BCUT2D eigenvalue weighted by atomic mass is 10.1. The van der Waals surface area contributed by atoms with Crippen LogP contribution in [0.1, 0.15) is 17.5 Å². The molecule has 0 aromatic heterocycles. The molecule has 0 fully saturated rings. The van der Waals surface area contributed by atoms with Gasteiger partial charge in [0.25, 0.3) is 0 Å². The van der Waals surface area contributed by atoms with Gasteiger partial charge in [0.15, 0.2) is 0 Å². The highest BCUT2D eigenvalue weighted by Gasteiger charge is 2.14. The molecule has 6 heteroatoms. The van der Waals surface area contributed by atoms with Crippen molar-refractivity contribution in [1.82, 2.24) is 4.31 Å². The summed E-state index contributed by atoms with van der Waals surface area (Å²) in [7, 11) is -0.648. The van der Waals surface area contributed by atoms with E-state index < -0.39 is 10.2 Å². The van der Waals surface area contributed by atoms with Crippen molar-refractivity contribution < 1.29 is 13.5 Å². The molecule has 0 saturated heterocycles. The number of rotatable bonds is 4. The molecule has 0 heterocycles. The highest BCUT2D eigenvalue weighted by Crippen LogP contribution is 2.18. The Bertz CT molecular complexity index is 598. The Morgan fingerprint density at radius 1 is 1.37 bits per heavy atom. The molecule has 0 atom stereocenters. The highest BCUT2D eigenvalue weighted by molar-refractivity contribution is 7.90. The van der Waals surface area contributed by atoms with Gasteiger partial charge in [-0.05, 0) is 24.6 Å². The molecule has 0 saturated carbocycles. The second-order valence-corrected chi connectivity index (χ2v) is 6.10. The minimum absolute atomic E-state index is 0.0163. The van der Waals surface area contributed by atoms with Crippen LogP contribution in [-0.4, -0.2) is 38.5 Å². The molecule has 1 aromatic carbocycles. The normalized spacial score (nSPS) is 11.0. The average molecular weight is 282 g/mol. The summed E-state index contributed by atoms with van der Waals surface area (Å²) in [5.41, 5.74) is 1.97. The van der Waals surface area contributed by atoms with Gasteiger partial charge < -0.3 is 5.11 Å². The van der Waals surface area contributed by atoms with Crippen LogP contribution in [0.3, 0.4) is 0 Å². The van der Waals surface area contributed by atoms with Crippen molar-refractivity contribution in [2.24, 2.45) is 0 Å². The summed E-state index contributed by atoms with van der Waals surface area (Å²) >= 11 is 0. The lowest BCUT2D eigenvalue weighted by molar-refractivity contribution is 0.305. The maximum Gasteiger partial charge on any atom is 0.301 e. The molecule has 5 nitrogen and oxygen atoms in total. The first-order chi connectivity index (χ1) is 8.86. The molecule has 0 bridgehead atoms. The Morgan fingerprint density at radius 2 is 2.05 bits per heavy atom. The average Bonchev–Trinajstić information content (AvgIpc) is 2.31. The number of hydrogen-bond donors (Lipinski definition) is 2. The van der Waals surface area contributed by atoms with Gasteiger partial charge in [0.1, 0.15) is 0 Å². The summed E-state index contributed by atoms with van der Waals surface area (Å²) in [6.07, 6.45) is 0.355. The first-order valence-corrected chi connectivity index (χ1v) is 7.21. The van der Waals surface area contributed by atoms with Gasteiger partial charge in [-0.3, -0.25) is 4.72 Å². The highest BCUT2D eigenvalue weighted by atomic mass is 32.2. The van der Waals surface area contributed by atoms with E-state index in [0.717, 1.165) is 9.87 Å². The standard InChI is InChI=1S/C13H18N2O3S/c1-11-7-8-12(6-4-5-9-16)13(10-11)14-19(17,18)15(2)3/h7-8,10,14,16H,5,9H2,1-3H3. The molecule has 0 radical (unpaired) electrons. The number of aliphatic hydroxyl groups is 1. The Balaban J connectivity index is 3.12. The zero-order valence-electron chi connectivity index (χ0n) is 11.3. The third kappa shape index (κ3) is 4.56. The van der Waals surface area contributed by atoms with E-state index >= 15 is 0 Å². The van der Waals surface area contributed by atoms with Crippen LogP contribution >= 0.6 is 0 Å². The summed E-state index contributed by atoms with van der Waals surface area (Å²) in [6, 6.07) is 5.34. The maximum absolute atomic E-state index is 11.8. The van der Waals surface area contributed by atoms with Gasteiger partial charge >= 0.3 is 10.2 Å². The van der Waals surface area contributed by atoms with E-state index in [9.17, 15) is 8.42 Å². The SMILES string of the molecule is Cc1ccc(C#CCCO)c(NS(=O)(=O)N(C)C)c1. The van der Waals surface area contributed by atoms with E-state index in [1.807, 2.05) is 13.0 Å². The summed E-state index contributed by atoms with van der Waals surface area (Å²) < 4.78 is 27.2. The van der Waals surface area contributed by atoms with Gasteiger partial charge in [-0.25, -0.2) is 0 Å². The first-order valence-electron chi connectivity index (χ1n) is 5.77. The van der Waals surface area contributed by atoms with Crippen molar-refractivity contribution in [2.75, 3.05) is 25.4 Å². The first kappa shape index (κ1) is 15.5. The predicted octanol–water partition coefficient (Wildman–Crippen LogP) is 0.947. The molecular weight excluding hydrogens is 264 g/mol. The minimum Gasteiger partial charge on any atom is -0.395 e. The number of aliphatic hydroxyl groups excluding tert-OH is 1. The minimum atomic E-state index is -3.55. The van der Waals surface area contributed by atoms with E-state index in [1.54, 1.807) is 12.1 Å². The fourth-order valence-electron chi connectivity index (χ4n) is 1.30. The zero-order valence-corrected chi connectivity index (χ0v) is 12.1. The number of hydrogen-bond acceptors (Lipinski definition) is 3. The number of nitrogens with one attached hydrogen (secondary N) is 1. The van der Waals surface area contributed by atoms with E-state index in [-0.39, 0.29) is 6.61 Å². The van der Waals surface area contributed by atoms with Crippen LogP contribution < -0.4 is 4.72 Å². The van der Waals surface area contributed by atoms with Crippen molar-refractivity contribution in [2.45, 2.75) is 13.3 Å². The quantitative estimate of drug-likeness (QED) is 0.808. The summed E-state index contributed by atoms with van der Waals surface area (Å²) in [5, 5.41) is 8.70. The van der Waals surface area contributed by atoms with Crippen LogP contribution in [0.5, 0.6) is 0 Å². The fourth-order valence-corrected chi connectivity index (χ4v) is 1.92. The molecule has 0 aliphatic carbocycles. The lowest BCUT2D eigenvalue weighted by Gasteiger charge is -2.15. The Morgan fingerprint density at radius 3 is 2.63 bits per heavy atom. The zero-order chi connectivity index (χ0) is 14.5. The largest absolute Gasteiger partial charge is 0.395 e. The van der Waals surface area contributed by atoms with Crippen molar-refractivity contribution in [3.05, 3.63) is 29.3 Å². The van der Waals surface area contributed by atoms with Gasteiger partial charge in [-0.2, -0.15) is 12.7 Å². The Labute approximate surface area is 114 Å². The molecule has 0 aliphatic rings. The number of nitrogens with zero attached hydrogens (tertiary/aromatic N) is 1. The Hall–Kier alpha value is -1.55. The monoisotopic (exact) mass is 282 g/mol. The van der Waals surface area contributed by atoms with Crippen LogP contribution in [0.15, 0.2) is 18.2 Å². The van der Waals surface area contributed by atoms with Crippen LogP contribution in [0.4, 0.5) is 5.69 Å². The number of anilines is 1. The molecule has 104 valence electrons. The number of aryl methyl sites for hydroxylation is 1. The molecule has 0 amide bonds. The van der Waals surface area contributed by atoms with Gasteiger partial charge in [0, 0.05) is 26.1 Å². The van der Waals surface area contributed by atoms with E-state index in [2.05, 4.69) is 16.6 Å². The van der Waals surface area contributed by atoms with Crippen LogP contribution in [-0.2, 0) is 10.2 Å². The summed E-state index contributed by atoms with van der Waals surface area (Å²) in [6.45, 7) is 1.86. The van der Waals surface area contributed by atoms with Gasteiger partial charge in [0.2, 0.25) is 0 Å². The van der Waals surface area contributed by atoms with Crippen molar-refractivity contribution >= 4 is 15.9 Å². The molecule has 2 N–H and O–H groups in total. The second-order valence-electron chi connectivity index (χ2n) is 4.21. The predicted molar refractivity (Wildman–Crippen MR) is 76.0 cm³/mol. The Kier molecular flexibility index (Phi) is 5.36. The van der Waals surface area contributed by atoms with Gasteiger partial charge in [-0.15, -0.1) is 0 Å². The molecule has 1 aromatic rings. The second kappa shape index (κ2) is 6.57. The van der Waals surface area contributed by atoms with E-state index in [1.165, 1.54) is 14.1 Å². The molecule has 1 rings (SSSR count). The fraction of sp³-hybridized carbons (Fsp3) is 0.385. The van der Waals surface area contributed by atoms with Crippen molar-refractivity contribution in [3.8, 4) is 11.8 Å². The van der Waals surface area contributed by atoms with Crippen LogP contribution in [0, 0.1) is 18.8 Å². The van der Waals surface area contributed by atoms with Crippen molar-refractivity contribution in [1.29, 1.82) is 0 Å². The summed E-state index contributed by atoms with van der Waals surface area (Å²) in [5.74, 6) is 5.63. The maximum atomic E-state index is 11.8. The van der Waals surface area contributed by atoms with Gasteiger partial charge in [0.05, 0.1) is 12.3 Å². The van der Waals surface area contributed by atoms with Gasteiger partial charge in [-0.1, -0.05) is 17.9 Å². The third-order valence-corrected chi connectivity index (χ3v) is 3.79.